The molecule has 1 aromatic heterocycles. The topological polar surface area (TPSA) is 83.7 Å². The van der Waals surface area contributed by atoms with Crippen molar-refractivity contribution in [1.82, 2.24) is 10.2 Å². The van der Waals surface area contributed by atoms with Crippen LogP contribution in [0.1, 0.15) is 43.1 Å². The van der Waals surface area contributed by atoms with Crippen molar-refractivity contribution < 1.29 is 23.4 Å². The number of methoxy groups -OCH3 is 1. The second-order valence-electron chi connectivity index (χ2n) is 7.05. The van der Waals surface area contributed by atoms with Gasteiger partial charge in [-0.2, -0.15) is 0 Å². The molecule has 0 aliphatic rings. The van der Waals surface area contributed by atoms with Crippen molar-refractivity contribution >= 4 is 17.6 Å². The lowest BCUT2D eigenvalue weighted by atomic mass is 10.2. The maximum atomic E-state index is 12.6. The molecule has 3 aromatic rings. The SMILES string of the molecule is COc1cc(C(=O)OC(C)c2nnc(-c3ccccc3)o2)cc(Cl)c1OCC(C)C. The summed E-state index contributed by atoms with van der Waals surface area (Å²) >= 11 is 6.31. The summed E-state index contributed by atoms with van der Waals surface area (Å²) in [5, 5.41) is 8.25. The van der Waals surface area contributed by atoms with Crippen molar-refractivity contribution in [2.24, 2.45) is 5.92 Å². The lowest BCUT2D eigenvalue weighted by molar-refractivity contribution is 0.0279. The zero-order chi connectivity index (χ0) is 21.7. The molecule has 0 N–H and O–H groups in total. The Balaban J connectivity index is 1.74. The number of benzene rings is 2. The van der Waals surface area contributed by atoms with E-state index >= 15 is 0 Å². The van der Waals surface area contributed by atoms with Crippen LogP contribution in [0.2, 0.25) is 5.02 Å². The molecular weight excluding hydrogens is 408 g/mol. The lowest BCUT2D eigenvalue weighted by Crippen LogP contribution is -2.11. The summed E-state index contributed by atoms with van der Waals surface area (Å²) < 4.78 is 22.2. The summed E-state index contributed by atoms with van der Waals surface area (Å²) in [6.45, 7) is 6.17. The maximum Gasteiger partial charge on any atom is 0.339 e. The van der Waals surface area contributed by atoms with Gasteiger partial charge in [0.15, 0.2) is 17.6 Å². The highest BCUT2D eigenvalue weighted by Gasteiger charge is 2.22. The van der Waals surface area contributed by atoms with Crippen LogP contribution in [0.5, 0.6) is 11.5 Å². The highest BCUT2D eigenvalue weighted by Crippen LogP contribution is 2.37. The van der Waals surface area contributed by atoms with Crippen molar-refractivity contribution in [3.05, 3.63) is 58.9 Å². The van der Waals surface area contributed by atoms with E-state index in [1.54, 1.807) is 6.92 Å². The Morgan fingerprint density at radius 2 is 1.87 bits per heavy atom. The number of hydrogen-bond acceptors (Lipinski definition) is 7. The molecular formula is C22H23ClN2O5. The third-order valence-corrected chi connectivity index (χ3v) is 4.40. The van der Waals surface area contributed by atoms with Gasteiger partial charge in [0.25, 0.3) is 5.89 Å². The van der Waals surface area contributed by atoms with Crippen LogP contribution in [-0.4, -0.2) is 29.9 Å². The molecule has 158 valence electrons. The largest absolute Gasteiger partial charge is 0.493 e. The standard InChI is InChI=1S/C22H23ClN2O5/c1-13(2)12-28-19-17(23)10-16(11-18(19)27-4)22(26)29-14(3)20-24-25-21(30-20)15-8-6-5-7-9-15/h5-11,13-14H,12H2,1-4H3. The van der Waals surface area contributed by atoms with Gasteiger partial charge >= 0.3 is 5.97 Å². The molecule has 1 unspecified atom stereocenters. The minimum atomic E-state index is -0.746. The van der Waals surface area contributed by atoms with Crippen molar-refractivity contribution in [2.75, 3.05) is 13.7 Å². The average molecular weight is 431 g/mol. The van der Waals surface area contributed by atoms with E-state index in [-0.39, 0.29) is 16.5 Å². The first-order chi connectivity index (χ1) is 14.4. The van der Waals surface area contributed by atoms with Gasteiger partial charge in [-0.3, -0.25) is 0 Å². The number of esters is 1. The molecule has 8 heteroatoms. The quantitative estimate of drug-likeness (QED) is 0.445. The first-order valence-electron chi connectivity index (χ1n) is 9.49. The van der Waals surface area contributed by atoms with Crippen LogP contribution < -0.4 is 9.47 Å². The van der Waals surface area contributed by atoms with E-state index in [4.69, 9.17) is 30.2 Å². The first kappa shape index (κ1) is 21.6. The zero-order valence-electron chi connectivity index (χ0n) is 17.2. The fourth-order valence-corrected chi connectivity index (χ4v) is 2.87. The van der Waals surface area contributed by atoms with Crippen LogP contribution in [0, 0.1) is 5.92 Å². The summed E-state index contributed by atoms with van der Waals surface area (Å²) in [6, 6.07) is 12.3. The Labute approximate surface area is 179 Å². The predicted octanol–water partition coefficient (Wildman–Crippen LogP) is 5.35. The highest BCUT2D eigenvalue weighted by atomic mass is 35.5. The van der Waals surface area contributed by atoms with Crippen LogP contribution in [0.25, 0.3) is 11.5 Å². The van der Waals surface area contributed by atoms with Crippen molar-refractivity contribution in [3.8, 4) is 23.0 Å². The second kappa shape index (κ2) is 9.63. The fourth-order valence-electron chi connectivity index (χ4n) is 2.60. The van der Waals surface area contributed by atoms with Crippen LogP contribution in [0.4, 0.5) is 0 Å². The molecule has 3 rings (SSSR count). The van der Waals surface area contributed by atoms with Gasteiger partial charge in [-0.1, -0.05) is 43.6 Å². The zero-order valence-corrected chi connectivity index (χ0v) is 18.0. The third kappa shape index (κ3) is 5.10. The van der Waals surface area contributed by atoms with Crippen LogP contribution >= 0.6 is 11.6 Å². The molecule has 1 heterocycles. The van der Waals surface area contributed by atoms with Gasteiger partial charge in [-0.15, -0.1) is 10.2 Å². The second-order valence-corrected chi connectivity index (χ2v) is 7.46. The number of carbonyl (C=O) groups excluding carboxylic acids is 1. The Hall–Kier alpha value is -3.06. The smallest absolute Gasteiger partial charge is 0.339 e. The molecule has 0 aliphatic carbocycles. The number of carbonyl (C=O) groups is 1. The number of rotatable bonds is 8. The Morgan fingerprint density at radius 1 is 1.13 bits per heavy atom. The third-order valence-electron chi connectivity index (χ3n) is 4.12. The van der Waals surface area contributed by atoms with Crippen molar-refractivity contribution in [1.29, 1.82) is 0 Å². The van der Waals surface area contributed by atoms with Gasteiger partial charge in [0.05, 0.1) is 24.3 Å². The number of ether oxygens (including phenoxy) is 3. The molecule has 0 aliphatic heterocycles. The van der Waals surface area contributed by atoms with Crippen molar-refractivity contribution in [2.45, 2.75) is 26.9 Å². The number of halogens is 1. The van der Waals surface area contributed by atoms with Gasteiger partial charge in [-0.25, -0.2) is 4.79 Å². The molecule has 0 saturated carbocycles. The maximum absolute atomic E-state index is 12.6. The van der Waals surface area contributed by atoms with E-state index in [0.717, 1.165) is 5.56 Å². The molecule has 0 fully saturated rings. The molecule has 0 bridgehead atoms. The molecule has 0 spiro atoms. The molecule has 2 aromatic carbocycles. The molecule has 0 amide bonds. The van der Waals surface area contributed by atoms with Crippen molar-refractivity contribution in [3.63, 3.8) is 0 Å². The Kier molecular flexibility index (Phi) is 6.95. The highest BCUT2D eigenvalue weighted by molar-refractivity contribution is 6.32. The van der Waals surface area contributed by atoms with E-state index in [1.165, 1.54) is 19.2 Å². The predicted molar refractivity (Wildman–Crippen MR) is 112 cm³/mol. The van der Waals surface area contributed by atoms with E-state index in [9.17, 15) is 4.79 Å². The fraction of sp³-hybridized carbons (Fsp3) is 0.318. The summed E-state index contributed by atoms with van der Waals surface area (Å²) in [5.74, 6) is 1.000. The monoisotopic (exact) mass is 430 g/mol. The number of aromatic nitrogens is 2. The van der Waals surface area contributed by atoms with Gasteiger partial charge in [0, 0.05) is 5.56 Å². The molecule has 1 atom stereocenters. The van der Waals surface area contributed by atoms with Crippen LogP contribution in [-0.2, 0) is 4.74 Å². The molecule has 0 saturated heterocycles. The summed E-state index contributed by atoms with van der Waals surface area (Å²) in [5.41, 5.74) is 1.01. The van der Waals surface area contributed by atoms with Gasteiger partial charge in [0.2, 0.25) is 5.89 Å². The average Bonchev–Trinajstić information content (AvgIpc) is 3.23. The minimum absolute atomic E-state index is 0.192. The minimum Gasteiger partial charge on any atom is -0.493 e. The van der Waals surface area contributed by atoms with Gasteiger partial charge in [-0.05, 0) is 37.1 Å². The van der Waals surface area contributed by atoms with Crippen LogP contribution in [0.15, 0.2) is 46.9 Å². The van der Waals surface area contributed by atoms with E-state index in [1.807, 2.05) is 44.2 Å². The molecule has 30 heavy (non-hydrogen) atoms. The number of nitrogens with zero attached hydrogens (tertiary/aromatic N) is 2. The molecule has 7 nitrogen and oxygen atoms in total. The number of hydrogen-bond donors (Lipinski definition) is 0. The Morgan fingerprint density at radius 3 is 2.53 bits per heavy atom. The van der Waals surface area contributed by atoms with E-state index in [0.29, 0.717) is 29.9 Å². The van der Waals surface area contributed by atoms with Gasteiger partial charge in [0.1, 0.15) is 0 Å². The summed E-state index contributed by atoms with van der Waals surface area (Å²) in [6.07, 6.45) is -0.746. The first-order valence-corrected chi connectivity index (χ1v) is 9.87. The van der Waals surface area contributed by atoms with Crippen LogP contribution in [0.3, 0.4) is 0 Å². The molecule has 0 radical (unpaired) electrons. The van der Waals surface area contributed by atoms with E-state index < -0.39 is 12.1 Å². The van der Waals surface area contributed by atoms with E-state index in [2.05, 4.69) is 10.2 Å². The lowest BCUT2D eigenvalue weighted by Gasteiger charge is -2.16. The van der Waals surface area contributed by atoms with Gasteiger partial charge < -0.3 is 18.6 Å². The summed E-state index contributed by atoms with van der Waals surface area (Å²) in [7, 11) is 1.48. The normalized spacial score (nSPS) is 11.9. The summed E-state index contributed by atoms with van der Waals surface area (Å²) in [4.78, 5) is 12.6. The Bertz CT molecular complexity index is 1000.